The lowest BCUT2D eigenvalue weighted by Gasteiger charge is -2.29. The van der Waals surface area contributed by atoms with E-state index in [2.05, 4.69) is 17.6 Å². The summed E-state index contributed by atoms with van der Waals surface area (Å²) < 4.78 is 38.4. The van der Waals surface area contributed by atoms with Crippen molar-refractivity contribution in [1.82, 2.24) is 10.6 Å². The van der Waals surface area contributed by atoms with Gasteiger partial charge in [0, 0.05) is 12.6 Å². The average molecular weight is 342 g/mol. The van der Waals surface area contributed by atoms with Crippen LogP contribution in [0.2, 0.25) is 0 Å². The molecule has 0 bridgehead atoms. The number of urea groups is 1. The summed E-state index contributed by atoms with van der Waals surface area (Å²) in [5, 5.41) is 5.78. The van der Waals surface area contributed by atoms with Crippen LogP contribution in [0.1, 0.15) is 62.5 Å². The maximum Gasteiger partial charge on any atom is 0.416 e. The zero-order valence-electron chi connectivity index (χ0n) is 14.0. The van der Waals surface area contributed by atoms with E-state index in [1.807, 2.05) is 0 Å². The Bertz CT molecular complexity index is 537. The zero-order chi connectivity index (χ0) is 17.6. The van der Waals surface area contributed by atoms with Crippen molar-refractivity contribution < 1.29 is 18.0 Å². The fourth-order valence-corrected chi connectivity index (χ4v) is 3.16. The fourth-order valence-electron chi connectivity index (χ4n) is 3.16. The first-order chi connectivity index (χ1) is 11.4. The zero-order valence-corrected chi connectivity index (χ0v) is 14.0. The topological polar surface area (TPSA) is 41.1 Å². The van der Waals surface area contributed by atoms with Crippen LogP contribution in [0.4, 0.5) is 18.0 Å². The molecule has 6 heteroatoms. The van der Waals surface area contributed by atoms with Gasteiger partial charge in [-0.2, -0.15) is 13.2 Å². The molecule has 3 nitrogen and oxygen atoms in total. The number of nitrogens with one attached hydrogen (secondary N) is 2. The van der Waals surface area contributed by atoms with Crippen LogP contribution < -0.4 is 10.6 Å². The molecule has 0 radical (unpaired) electrons. The van der Waals surface area contributed by atoms with E-state index in [0.29, 0.717) is 6.54 Å². The molecule has 0 aliphatic heterocycles. The molecular formula is C18H25F3N2O. The number of unbranched alkanes of at least 4 members (excludes halogenated alkanes) is 1. The molecule has 2 N–H and O–H groups in total. The lowest BCUT2D eigenvalue weighted by molar-refractivity contribution is -0.137. The van der Waals surface area contributed by atoms with Crippen molar-refractivity contribution >= 4 is 6.03 Å². The Balaban J connectivity index is 1.83. The Morgan fingerprint density at radius 2 is 1.92 bits per heavy atom. The first-order valence-corrected chi connectivity index (χ1v) is 8.61. The number of amides is 2. The van der Waals surface area contributed by atoms with Crippen LogP contribution in [0, 0.1) is 0 Å². The summed E-state index contributed by atoms with van der Waals surface area (Å²) in [5.74, 6) is 0.133. The molecule has 134 valence electrons. The third-order valence-corrected chi connectivity index (χ3v) is 4.56. The van der Waals surface area contributed by atoms with Crippen molar-refractivity contribution in [1.29, 1.82) is 0 Å². The van der Waals surface area contributed by atoms with Gasteiger partial charge in [0.1, 0.15) is 0 Å². The Morgan fingerprint density at radius 1 is 1.21 bits per heavy atom. The molecule has 0 heterocycles. The van der Waals surface area contributed by atoms with Gasteiger partial charge in [-0.15, -0.1) is 0 Å². The highest BCUT2D eigenvalue weighted by atomic mass is 19.4. The van der Waals surface area contributed by atoms with Gasteiger partial charge in [0.2, 0.25) is 0 Å². The fraction of sp³-hybridized carbons (Fsp3) is 0.611. The molecule has 0 saturated heterocycles. The van der Waals surface area contributed by atoms with Crippen LogP contribution in [-0.4, -0.2) is 18.6 Å². The van der Waals surface area contributed by atoms with E-state index in [1.165, 1.54) is 12.1 Å². The largest absolute Gasteiger partial charge is 0.416 e. The van der Waals surface area contributed by atoms with E-state index >= 15 is 0 Å². The number of benzene rings is 1. The number of hydrogen-bond acceptors (Lipinski definition) is 1. The highest BCUT2D eigenvalue weighted by Gasteiger charge is 2.31. The van der Waals surface area contributed by atoms with Crippen LogP contribution in [0.5, 0.6) is 0 Å². The number of alkyl halides is 3. The van der Waals surface area contributed by atoms with E-state index in [9.17, 15) is 18.0 Å². The SMILES string of the molecule is CCCCNC(=O)NC1CCC(c2cccc(C(F)(F)F)c2)CC1. The van der Waals surface area contributed by atoms with E-state index in [-0.39, 0.29) is 18.0 Å². The Morgan fingerprint density at radius 3 is 2.54 bits per heavy atom. The number of hydrogen-bond donors (Lipinski definition) is 2. The molecule has 24 heavy (non-hydrogen) atoms. The Hall–Kier alpha value is -1.72. The number of halogens is 3. The summed E-state index contributed by atoms with van der Waals surface area (Å²) in [5.41, 5.74) is 0.159. The molecule has 1 saturated carbocycles. The molecule has 1 aromatic carbocycles. The van der Waals surface area contributed by atoms with Crippen molar-refractivity contribution in [2.45, 2.75) is 63.6 Å². The average Bonchev–Trinajstić information content (AvgIpc) is 2.55. The molecule has 1 fully saturated rings. The standard InChI is InChI=1S/C18H25F3N2O/c1-2-3-11-22-17(24)23-16-9-7-13(8-10-16)14-5-4-6-15(12-14)18(19,20)21/h4-6,12-13,16H,2-3,7-11H2,1H3,(H2,22,23,24). The van der Waals surface area contributed by atoms with Crippen molar-refractivity contribution in [2.75, 3.05) is 6.54 Å². The van der Waals surface area contributed by atoms with Gasteiger partial charge in [0.05, 0.1) is 5.56 Å². The summed E-state index contributed by atoms with van der Waals surface area (Å²) in [7, 11) is 0. The van der Waals surface area contributed by atoms with Gasteiger partial charge in [-0.1, -0.05) is 31.5 Å². The molecular weight excluding hydrogens is 317 g/mol. The summed E-state index contributed by atoms with van der Waals surface area (Å²) in [6.07, 6.45) is 0.857. The van der Waals surface area contributed by atoms with Crippen molar-refractivity contribution in [3.05, 3.63) is 35.4 Å². The summed E-state index contributed by atoms with van der Waals surface area (Å²) in [6, 6.07) is 5.57. The number of carbonyl (C=O) groups is 1. The molecule has 0 aromatic heterocycles. The maximum atomic E-state index is 12.8. The minimum Gasteiger partial charge on any atom is -0.338 e. The van der Waals surface area contributed by atoms with Crippen molar-refractivity contribution in [2.24, 2.45) is 0 Å². The highest BCUT2D eigenvalue weighted by Crippen LogP contribution is 2.36. The Kier molecular flexibility index (Phi) is 6.52. The number of rotatable bonds is 5. The third kappa shape index (κ3) is 5.42. The highest BCUT2D eigenvalue weighted by molar-refractivity contribution is 5.74. The van der Waals surface area contributed by atoms with E-state index in [0.717, 1.165) is 50.2 Å². The van der Waals surface area contributed by atoms with Gasteiger partial charge >= 0.3 is 12.2 Å². The number of carbonyl (C=O) groups excluding carboxylic acids is 1. The molecule has 0 spiro atoms. The second kappa shape index (κ2) is 8.40. The van der Waals surface area contributed by atoms with Gasteiger partial charge in [0.15, 0.2) is 0 Å². The summed E-state index contributed by atoms with van der Waals surface area (Å²) in [4.78, 5) is 11.7. The predicted molar refractivity (Wildman–Crippen MR) is 87.9 cm³/mol. The molecule has 2 amide bonds. The van der Waals surface area contributed by atoms with E-state index < -0.39 is 11.7 Å². The minimum absolute atomic E-state index is 0.105. The molecule has 1 aromatic rings. The molecule has 1 aliphatic rings. The van der Waals surface area contributed by atoms with Crippen LogP contribution >= 0.6 is 0 Å². The third-order valence-electron chi connectivity index (χ3n) is 4.56. The molecule has 2 rings (SSSR count). The van der Waals surface area contributed by atoms with Gasteiger partial charge in [0.25, 0.3) is 0 Å². The summed E-state index contributed by atoms with van der Waals surface area (Å²) in [6.45, 7) is 2.73. The van der Waals surface area contributed by atoms with Crippen LogP contribution in [0.3, 0.4) is 0 Å². The lowest BCUT2D eigenvalue weighted by atomic mass is 9.81. The maximum absolute atomic E-state index is 12.8. The lowest BCUT2D eigenvalue weighted by Crippen LogP contribution is -2.43. The minimum atomic E-state index is -4.30. The second-order valence-corrected chi connectivity index (χ2v) is 6.43. The van der Waals surface area contributed by atoms with Gasteiger partial charge in [-0.05, 0) is 49.7 Å². The molecule has 0 atom stereocenters. The second-order valence-electron chi connectivity index (χ2n) is 6.43. The molecule has 1 aliphatic carbocycles. The van der Waals surface area contributed by atoms with Crippen LogP contribution in [0.15, 0.2) is 24.3 Å². The van der Waals surface area contributed by atoms with E-state index in [4.69, 9.17) is 0 Å². The summed E-state index contributed by atoms with van der Waals surface area (Å²) >= 11 is 0. The smallest absolute Gasteiger partial charge is 0.338 e. The van der Waals surface area contributed by atoms with Gasteiger partial charge in [-0.3, -0.25) is 0 Å². The van der Waals surface area contributed by atoms with Crippen LogP contribution in [-0.2, 0) is 6.18 Å². The predicted octanol–water partition coefficient (Wildman–Crippen LogP) is 4.83. The van der Waals surface area contributed by atoms with Crippen molar-refractivity contribution in [3.8, 4) is 0 Å². The normalized spacial score (nSPS) is 21.3. The Labute approximate surface area is 141 Å². The van der Waals surface area contributed by atoms with Gasteiger partial charge in [-0.25, -0.2) is 4.79 Å². The van der Waals surface area contributed by atoms with Crippen LogP contribution in [0.25, 0.3) is 0 Å². The van der Waals surface area contributed by atoms with Crippen molar-refractivity contribution in [3.63, 3.8) is 0 Å². The van der Waals surface area contributed by atoms with E-state index in [1.54, 1.807) is 6.07 Å². The first-order valence-electron chi connectivity index (χ1n) is 8.61. The quantitative estimate of drug-likeness (QED) is 0.739. The molecule has 0 unspecified atom stereocenters. The van der Waals surface area contributed by atoms with Gasteiger partial charge < -0.3 is 10.6 Å². The monoisotopic (exact) mass is 342 g/mol. The first kappa shape index (κ1) is 18.6.